The minimum Gasteiger partial charge on any atom is -0.387 e. The van der Waals surface area contributed by atoms with E-state index in [-0.39, 0.29) is 23.0 Å². The smallest absolute Gasteiger partial charge is 0.387 e. The summed E-state index contributed by atoms with van der Waals surface area (Å²) in [6.07, 6.45) is 23.1. The third kappa shape index (κ3) is 20.7. The average Bonchev–Trinajstić information content (AvgIpc) is 0.795. The van der Waals surface area contributed by atoms with Gasteiger partial charge in [-0.25, -0.2) is 4.98 Å². The minimum absolute atomic E-state index is 0.261. The molecule has 0 fully saturated rings. The maximum Gasteiger partial charge on any atom is 0.416 e. The zero-order chi connectivity index (χ0) is 82.5. The summed E-state index contributed by atoms with van der Waals surface area (Å²) in [6.45, 7) is 0. The van der Waals surface area contributed by atoms with Gasteiger partial charge in [-0.3, -0.25) is 54.8 Å². The van der Waals surface area contributed by atoms with Gasteiger partial charge in [-0.1, -0.05) is 161 Å². The zero-order valence-corrected chi connectivity index (χ0v) is 65.9. The number of hydrogen-bond donors (Lipinski definition) is 4. The lowest BCUT2D eigenvalue weighted by atomic mass is 9.83. The van der Waals surface area contributed by atoms with Crippen LogP contribution in [0.1, 0.15) is 120 Å². The molecule has 16 nitrogen and oxygen atoms in total. The molecule has 4 aromatic carbocycles. The molecule has 12 aromatic heterocycles. The standard InChI is InChI=1S/C24H18F3N3O.C23H16Cl2FN3O.C23H17Cl2N3O.C23H18ClN3O/c25-24(26,27)19-8-1-5-16(13-19)22-20(9-4-12-30-22)23(31)21(17-6-2-10-28-14-17)18-7-3-11-29-15-18;24-16-10-15(11-17(25)12-16)21-19(6-3-8-28-21)22(30)20(14-4-1-7-27-13-14)18-5-2-9-29-23(18)26;24-18-10-17(11-19(25)12-18)22-20(6-3-9-28-22)23(29)21(15-4-1-7-26-13-15)16-5-2-8-27-14-16;24-20-10-2-1-8-18(20)22-19(9-5-13-27-22)23(28)21(16-6-3-11-25-14-16)17-7-4-12-26-15-17/h1-15,21,23,31H;1-13,20,22,30H;1-14,21,23,29H;1-15,21,23,28H. The Hall–Kier alpha value is -12.3. The quantitative estimate of drug-likeness (QED) is 0.0410. The summed E-state index contributed by atoms with van der Waals surface area (Å²) < 4.78 is 54.3. The molecule has 16 aromatic rings. The second kappa shape index (κ2) is 40.0. The Kier molecular flexibility index (Phi) is 28.4. The second-order valence-electron chi connectivity index (χ2n) is 26.7. The second-order valence-corrected chi connectivity index (χ2v) is 28.9. The van der Waals surface area contributed by atoms with Crippen LogP contribution in [0.15, 0.2) is 348 Å². The predicted octanol–water partition coefficient (Wildman–Crippen LogP) is 22.0. The van der Waals surface area contributed by atoms with E-state index in [9.17, 15) is 38.0 Å². The third-order valence-corrected chi connectivity index (χ3v) is 20.4. The highest BCUT2D eigenvalue weighted by molar-refractivity contribution is 6.35. The average molecular weight is 1670 g/mol. The summed E-state index contributed by atoms with van der Waals surface area (Å²) in [4.78, 5) is 50.9. The number of rotatable bonds is 20. The van der Waals surface area contributed by atoms with Crippen molar-refractivity contribution < 1.29 is 38.0 Å². The molecule has 5 unspecified atom stereocenters. The van der Waals surface area contributed by atoms with E-state index in [4.69, 9.17) is 58.0 Å². The number of aliphatic hydroxyl groups is 4. The first kappa shape index (κ1) is 83.6. The summed E-state index contributed by atoms with van der Waals surface area (Å²) in [7, 11) is 0. The molecule has 5 atom stereocenters. The molecule has 0 saturated carbocycles. The van der Waals surface area contributed by atoms with Crippen molar-refractivity contribution in [1.82, 2.24) is 59.8 Å². The van der Waals surface area contributed by atoms with Crippen LogP contribution in [0.3, 0.4) is 0 Å². The van der Waals surface area contributed by atoms with Crippen molar-refractivity contribution in [3.05, 3.63) is 452 Å². The van der Waals surface area contributed by atoms with Crippen LogP contribution in [0.25, 0.3) is 45.0 Å². The van der Waals surface area contributed by atoms with Crippen molar-refractivity contribution >= 4 is 58.0 Å². The van der Waals surface area contributed by atoms with Crippen LogP contribution in [0.5, 0.6) is 0 Å². The number of hydrogen-bond acceptors (Lipinski definition) is 16. The highest BCUT2D eigenvalue weighted by atomic mass is 35.5. The normalized spacial score (nSPS) is 12.5. The van der Waals surface area contributed by atoms with Crippen molar-refractivity contribution in [1.29, 1.82) is 0 Å². The lowest BCUT2D eigenvalue weighted by Gasteiger charge is -2.25. The first-order chi connectivity index (χ1) is 57.4. The molecule has 25 heteroatoms. The van der Waals surface area contributed by atoms with Gasteiger partial charge in [0.1, 0.15) is 0 Å². The molecule has 588 valence electrons. The van der Waals surface area contributed by atoms with Crippen LogP contribution in [-0.2, 0) is 6.18 Å². The van der Waals surface area contributed by atoms with Crippen LogP contribution in [0.2, 0.25) is 25.1 Å². The van der Waals surface area contributed by atoms with Crippen molar-refractivity contribution in [3.63, 3.8) is 0 Å². The maximum absolute atomic E-state index is 14.6. The van der Waals surface area contributed by atoms with E-state index in [1.165, 1.54) is 18.5 Å². The van der Waals surface area contributed by atoms with E-state index in [2.05, 4.69) is 59.8 Å². The molecule has 0 bridgehead atoms. The van der Waals surface area contributed by atoms with Crippen LogP contribution in [0, 0.1) is 5.95 Å². The molecule has 4 N–H and O–H groups in total. The number of halogens is 9. The van der Waals surface area contributed by atoms with Gasteiger partial charge >= 0.3 is 6.18 Å². The van der Waals surface area contributed by atoms with E-state index >= 15 is 0 Å². The first-order valence-corrected chi connectivity index (χ1v) is 38.5. The molecule has 0 spiro atoms. The Morgan fingerprint density at radius 2 is 0.551 bits per heavy atom. The van der Waals surface area contributed by atoms with E-state index in [1.54, 1.807) is 215 Å². The Bertz CT molecular complexity index is 5790. The van der Waals surface area contributed by atoms with Crippen molar-refractivity contribution in [2.45, 2.75) is 54.3 Å². The SMILES string of the molecule is OC(c1cccnc1-c1cc(Cl)cc(Cl)c1)C(c1cccnc1)c1cccnc1.OC(c1cccnc1-c1cc(Cl)cc(Cl)c1)C(c1cccnc1)c1cccnc1F.OC(c1cccnc1-c1cccc(C(F)(F)F)c1)C(c1cccnc1)c1cccnc1.OC(c1cccnc1-c1ccccc1Cl)C(c1cccnc1)c1cccnc1. The fourth-order valence-electron chi connectivity index (χ4n) is 13.9. The topological polar surface area (TPSA) is 236 Å². The molecule has 0 aliphatic carbocycles. The summed E-state index contributed by atoms with van der Waals surface area (Å²) in [5.74, 6) is -2.63. The fraction of sp³-hybridized carbons (Fsp3) is 0.0968. The molecule has 12 heterocycles. The molecular formula is C93H69Cl5F4N12O4. The molecular weight excluding hydrogens is 1600 g/mol. The summed E-state index contributed by atoms with van der Waals surface area (Å²) in [6, 6.07) is 66.1. The third-order valence-electron chi connectivity index (χ3n) is 19.2. The van der Waals surface area contributed by atoms with Crippen molar-refractivity contribution in [2.75, 3.05) is 0 Å². The van der Waals surface area contributed by atoms with E-state index < -0.39 is 53.9 Å². The highest BCUT2D eigenvalue weighted by Gasteiger charge is 2.35. The number of alkyl halides is 3. The summed E-state index contributed by atoms with van der Waals surface area (Å²) in [5.41, 5.74) is 12.1. The lowest BCUT2D eigenvalue weighted by molar-refractivity contribution is -0.137. The van der Waals surface area contributed by atoms with E-state index in [1.807, 2.05) is 103 Å². The summed E-state index contributed by atoms with van der Waals surface area (Å²) >= 11 is 31.1. The minimum atomic E-state index is -4.47. The van der Waals surface area contributed by atoms with Gasteiger partial charge in [-0.2, -0.15) is 17.6 Å². The van der Waals surface area contributed by atoms with Gasteiger partial charge in [0.2, 0.25) is 5.95 Å². The number of nitrogens with zero attached hydrogens (tertiary/aromatic N) is 12. The Morgan fingerprint density at radius 1 is 0.263 bits per heavy atom. The number of benzene rings is 4. The molecule has 16 rings (SSSR count). The van der Waals surface area contributed by atoms with Gasteiger partial charge in [-0.15, -0.1) is 0 Å². The molecule has 0 aliphatic heterocycles. The van der Waals surface area contributed by atoms with Gasteiger partial charge in [0.25, 0.3) is 0 Å². The number of aliphatic hydroxyl groups excluding tert-OH is 4. The summed E-state index contributed by atoms with van der Waals surface area (Å²) in [5, 5.41) is 48.4. The monoisotopic (exact) mass is 1670 g/mol. The molecule has 0 aliphatic rings. The Balaban J connectivity index is 0.000000136. The maximum atomic E-state index is 14.6. The van der Waals surface area contributed by atoms with Crippen LogP contribution in [-0.4, -0.2) is 80.2 Å². The molecule has 0 radical (unpaired) electrons. The van der Waals surface area contributed by atoms with E-state index in [0.29, 0.717) is 81.3 Å². The Labute approximate surface area is 702 Å². The van der Waals surface area contributed by atoms with Crippen LogP contribution >= 0.6 is 58.0 Å². The number of pyridine rings is 12. The molecule has 0 amide bonds. The van der Waals surface area contributed by atoms with Crippen LogP contribution < -0.4 is 0 Å². The van der Waals surface area contributed by atoms with Crippen molar-refractivity contribution in [3.8, 4) is 45.0 Å². The van der Waals surface area contributed by atoms with Gasteiger partial charge < -0.3 is 20.4 Å². The lowest BCUT2D eigenvalue weighted by Crippen LogP contribution is -2.16. The Morgan fingerprint density at radius 3 is 0.873 bits per heavy atom. The van der Waals surface area contributed by atoms with E-state index in [0.717, 1.165) is 56.6 Å². The van der Waals surface area contributed by atoms with Gasteiger partial charge in [0, 0.05) is 217 Å². The number of aromatic nitrogens is 12. The van der Waals surface area contributed by atoms with Crippen LogP contribution in [0.4, 0.5) is 17.6 Å². The highest BCUT2D eigenvalue weighted by Crippen LogP contribution is 2.46. The fourth-order valence-corrected chi connectivity index (χ4v) is 15.2. The van der Waals surface area contributed by atoms with Gasteiger partial charge in [-0.05, 0) is 166 Å². The zero-order valence-electron chi connectivity index (χ0n) is 62.1. The van der Waals surface area contributed by atoms with Gasteiger partial charge in [0.05, 0.1) is 52.8 Å². The van der Waals surface area contributed by atoms with Crippen molar-refractivity contribution in [2.24, 2.45) is 0 Å². The predicted molar refractivity (Wildman–Crippen MR) is 450 cm³/mol. The van der Waals surface area contributed by atoms with Gasteiger partial charge in [0.15, 0.2) is 0 Å². The molecule has 0 saturated heterocycles. The largest absolute Gasteiger partial charge is 0.416 e. The first-order valence-electron chi connectivity index (χ1n) is 36.7. The molecule has 118 heavy (non-hydrogen) atoms.